The van der Waals surface area contributed by atoms with Crippen LogP contribution in [0.4, 0.5) is 32.0 Å². The second-order valence-electron chi connectivity index (χ2n) is 8.68. The number of aryl methyl sites for hydroxylation is 1. The Morgan fingerprint density at radius 3 is 2.53 bits per heavy atom. The van der Waals surface area contributed by atoms with Crippen LogP contribution in [0.3, 0.4) is 0 Å². The first-order valence-corrected chi connectivity index (χ1v) is 11.4. The minimum atomic E-state index is -4.86. The molecule has 0 bridgehead atoms. The third-order valence-corrected chi connectivity index (χ3v) is 5.96. The van der Waals surface area contributed by atoms with Gasteiger partial charge in [-0.1, -0.05) is 0 Å². The number of benzene rings is 1. The second kappa shape index (κ2) is 10.7. The molecule has 4 aromatic rings. The molecule has 1 aromatic carbocycles. The average Bonchev–Trinajstić information content (AvgIpc) is 2.85. The van der Waals surface area contributed by atoms with Crippen LogP contribution in [0.2, 0.25) is 0 Å². The molecule has 200 valence electrons. The maximum atomic E-state index is 14.8. The topological polar surface area (TPSA) is 92.7 Å². The monoisotopic (exact) mass is 537 g/mol. The number of aromatic nitrogens is 4. The summed E-state index contributed by atoms with van der Waals surface area (Å²) in [5.41, 5.74) is -3.72. The number of hydrogen-bond acceptors (Lipinski definition) is 5. The molecule has 0 fully saturated rings. The highest BCUT2D eigenvalue weighted by Crippen LogP contribution is 2.32. The number of rotatable bonds is 8. The first-order valence-electron chi connectivity index (χ1n) is 11.4. The van der Waals surface area contributed by atoms with Gasteiger partial charge in [0.05, 0.1) is 23.0 Å². The van der Waals surface area contributed by atoms with Crippen molar-refractivity contribution in [2.45, 2.75) is 45.0 Å². The minimum absolute atomic E-state index is 0.0582. The third-order valence-electron chi connectivity index (χ3n) is 5.96. The van der Waals surface area contributed by atoms with Crippen molar-refractivity contribution >= 4 is 16.5 Å². The van der Waals surface area contributed by atoms with Crippen molar-refractivity contribution in [2.75, 3.05) is 5.32 Å². The van der Waals surface area contributed by atoms with E-state index in [-0.39, 0.29) is 28.8 Å². The molecule has 2 N–H and O–H groups in total. The molecule has 0 aliphatic carbocycles. The fourth-order valence-corrected chi connectivity index (χ4v) is 4.07. The summed E-state index contributed by atoms with van der Waals surface area (Å²) >= 11 is 0. The van der Waals surface area contributed by atoms with E-state index in [2.05, 4.69) is 15.4 Å². The van der Waals surface area contributed by atoms with Crippen LogP contribution in [0.5, 0.6) is 0 Å². The molecule has 0 spiro atoms. The molecule has 0 aliphatic rings. The molecule has 0 saturated carbocycles. The van der Waals surface area contributed by atoms with Crippen LogP contribution in [0.15, 0.2) is 58.5 Å². The summed E-state index contributed by atoms with van der Waals surface area (Å²) < 4.78 is 81.4. The molecular weight excluding hydrogens is 516 g/mol. The molecule has 4 rings (SSSR count). The van der Waals surface area contributed by atoms with Crippen LogP contribution in [0.1, 0.15) is 37.3 Å². The van der Waals surface area contributed by atoms with Crippen LogP contribution in [0.25, 0.3) is 22.0 Å². The van der Waals surface area contributed by atoms with E-state index >= 15 is 0 Å². The Labute approximate surface area is 211 Å². The number of aromatic amines is 1. The minimum Gasteiger partial charge on any atom is -0.381 e. The molecule has 7 nitrogen and oxygen atoms in total. The number of nitrogens with one attached hydrogen (secondary N) is 2. The molecule has 13 heteroatoms. The average molecular weight is 537 g/mol. The van der Waals surface area contributed by atoms with E-state index in [1.165, 1.54) is 22.9 Å². The summed E-state index contributed by atoms with van der Waals surface area (Å²) in [6.07, 6.45) is -3.46. The fraction of sp³-hybridized carbons (Fsp3) is 0.280. The Balaban J connectivity index is 1.47. The van der Waals surface area contributed by atoms with Crippen molar-refractivity contribution in [3.05, 3.63) is 86.6 Å². The normalized spacial score (nSPS) is 12.7. The van der Waals surface area contributed by atoms with E-state index in [9.17, 15) is 35.9 Å². The van der Waals surface area contributed by atoms with Gasteiger partial charge in [0.25, 0.3) is 17.5 Å². The lowest BCUT2D eigenvalue weighted by atomic mass is 10.0. The van der Waals surface area contributed by atoms with Crippen molar-refractivity contribution in [3.8, 4) is 11.3 Å². The van der Waals surface area contributed by atoms with Crippen LogP contribution in [-0.4, -0.2) is 25.8 Å². The van der Waals surface area contributed by atoms with Crippen molar-refractivity contribution in [1.82, 2.24) is 19.7 Å². The van der Waals surface area contributed by atoms with Crippen molar-refractivity contribution in [3.63, 3.8) is 0 Å². The van der Waals surface area contributed by atoms with Gasteiger partial charge in [0.2, 0.25) is 0 Å². The molecule has 0 aliphatic heterocycles. The van der Waals surface area contributed by atoms with E-state index in [1.807, 2.05) is 0 Å². The van der Waals surface area contributed by atoms with Crippen molar-refractivity contribution < 1.29 is 26.3 Å². The molecule has 3 heterocycles. The molecule has 0 unspecified atom stereocenters. The third kappa shape index (κ3) is 5.71. The lowest BCUT2D eigenvalue weighted by Crippen LogP contribution is -2.27. The summed E-state index contributed by atoms with van der Waals surface area (Å²) in [4.78, 5) is 28.4. The highest BCUT2D eigenvalue weighted by Gasteiger charge is 2.37. The zero-order chi connectivity index (χ0) is 27.6. The number of halogens is 6. The first kappa shape index (κ1) is 26.9. The van der Waals surface area contributed by atoms with Gasteiger partial charge in [-0.3, -0.25) is 14.6 Å². The number of alkyl halides is 5. The van der Waals surface area contributed by atoms with E-state index in [1.54, 1.807) is 18.1 Å². The molecule has 38 heavy (non-hydrogen) atoms. The number of hydrogen-bond donors (Lipinski definition) is 2. The van der Waals surface area contributed by atoms with Gasteiger partial charge >= 0.3 is 6.18 Å². The maximum absolute atomic E-state index is 14.8. The maximum Gasteiger partial charge on any atom is 0.423 e. The first-order chi connectivity index (χ1) is 18.0. The highest BCUT2D eigenvalue weighted by molar-refractivity contribution is 5.86. The van der Waals surface area contributed by atoms with Gasteiger partial charge in [0.1, 0.15) is 11.4 Å². The summed E-state index contributed by atoms with van der Waals surface area (Å²) in [5, 5.41) is 8.36. The standard InChI is InChI=1S/C25H21F6N5O2/c1-13(34-20-12-33-35-23(37)21(20)25(29,30)31)3-2-7-36-8-6-14-9-17(18(26)10-16(14)24(36)38)19-5-4-15(11-32-19)22(27)28/h4-6,8-13,22H,2-3,7H2,1H3,(H2,34,35,37)/t13-/m0/s1. The molecule has 3 aromatic heterocycles. The zero-order valence-corrected chi connectivity index (χ0v) is 19.8. The van der Waals surface area contributed by atoms with Gasteiger partial charge in [-0.2, -0.15) is 18.3 Å². The zero-order valence-electron chi connectivity index (χ0n) is 19.8. The van der Waals surface area contributed by atoms with Gasteiger partial charge in [-0.25, -0.2) is 18.3 Å². The second-order valence-corrected chi connectivity index (χ2v) is 8.68. The van der Waals surface area contributed by atoms with Crippen LogP contribution in [0, 0.1) is 5.82 Å². The number of fused-ring (bicyclic) bond motifs is 1. The van der Waals surface area contributed by atoms with Crippen LogP contribution < -0.4 is 16.4 Å². The predicted octanol–water partition coefficient (Wildman–Crippen LogP) is 5.52. The fourth-order valence-electron chi connectivity index (χ4n) is 4.07. The summed E-state index contributed by atoms with van der Waals surface area (Å²) in [6, 6.07) is 6.03. The summed E-state index contributed by atoms with van der Waals surface area (Å²) in [5.74, 6) is -0.741. The Hall–Kier alpha value is -4.16. The summed E-state index contributed by atoms with van der Waals surface area (Å²) in [7, 11) is 0. The lowest BCUT2D eigenvalue weighted by Gasteiger charge is -2.18. The lowest BCUT2D eigenvalue weighted by molar-refractivity contribution is -0.138. The van der Waals surface area contributed by atoms with E-state index in [4.69, 9.17) is 0 Å². The quantitative estimate of drug-likeness (QED) is 0.289. The van der Waals surface area contributed by atoms with Crippen molar-refractivity contribution in [2.24, 2.45) is 0 Å². The number of anilines is 1. The van der Waals surface area contributed by atoms with E-state index in [0.717, 1.165) is 24.5 Å². The van der Waals surface area contributed by atoms with Gasteiger partial charge in [-0.05, 0) is 55.5 Å². The van der Waals surface area contributed by atoms with Crippen LogP contribution in [-0.2, 0) is 12.7 Å². The Morgan fingerprint density at radius 2 is 1.87 bits per heavy atom. The number of pyridine rings is 2. The smallest absolute Gasteiger partial charge is 0.381 e. The highest BCUT2D eigenvalue weighted by atomic mass is 19.4. The van der Waals surface area contributed by atoms with Gasteiger partial charge < -0.3 is 9.88 Å². The van der Waals surface area contributed by atoms with Gasteiger partial charge in [-0.15, -0.1) is 0 Å². The van der Waals surface area contributed by atoms with Gasteiger partial charge in [0, 0.05) is 36.1 Å². The van der Waals surface area contributed by atoms with Gasteiger partial charge in [0.15, 0.2) is 0 Å². The SMILES string of the molecule is C[C@@H](CCCn1ccc2cc(-c3ccc(C(F)F)cn3)c(F)cc2c1=O)Nc1cn[nH]c(=O)c1C(F)(F)F. The van der Waals surface area contributed by atoms with E-state index in [0.29, 0.717) is 18.2 Å². The number of nitrogens with zero attached hydrogens (tertiary/aromatic N) is 3. The summed E-state index contributed by atoms with van der Waals surface area (Å²) in [6.45, 7) is 1.84. The molecule has 0 radical (unpaired) electrons. The molecule has 1 atom stereocenters. The Kier molecular flexibility index (Phi) is 7.56. The Bertz CT molecular complexity index is 1560. The molecular formula is C25H21F6N5O2. The Morgan fingerprint density at radius 1 is 1.11 bits per heavy atom. The van der Waals surface area contributed by atoms with Crippen LogP contribution >= 0.6 is 0 Å². The predicted molar refractivity (Wildman–Crippen MR) is 129 cm³/mol. The van der Waals surface area contributed by atoms with E-state index < -0.39 is 46.8 Å². The molecule has 0 amide bonds. The largest absolute Gasteiger partial charge is 0.423 e. The van der Waals surface area contributed by atoms with Crippen molar-refractivity contribution in [1.29, 1.82) is 0 Å². The number of H-pyrrole nitrogens is 1. The molecule has 0 saturated heterocycles.